The van der Waals surface area contributed by atoms with E-state index in [1.165, 1.54) is 36.1 Å². The number of hydrazone groups is 1. The normalized spacial score (nSPS) is 11.2. The molecule has 0 aliphatic heterocycles. The largest absolute Gasteiger partial charge is 0.373 e. The Morgan fingerprint density at radius 1 is 1.18 bits per heavy atom. The summed E-state index contributed by atoms with van der Waals surface area (Å²) in [6.07, 6.45) is 8.38. The Labute approximate surface area is 225 Å². The van der Waals surface area contributed by atoms with Crippen LogP contribution >= 0.6 is 12.4 Å². The summed E-state index contributed by atoms with van der Waals surface area (Å²) in [5.74, 6) is 0. The van der Waals surface area contributed by atoms with Crippen molar-refractivity contribution in [2.75, 3.05) is 25.5 Å². The van der Waals surface area contributed by atoms with Crippen LogP contribution in [0.5, 0.6) is 0 Å². The molecule has 4 aromatic rings. The van der Waals surface area contributed by atoms with Crippen LogP contribution in [0.2, 0.25) is 0 Å². The second-order valence-electron chi connectivity index (χ2n) is 8.08. The highest BCUT2D eigenvalue weighted by atomic mass is 35.5. The fourth-order valence-electron chi connectivity index (χ4n) is 3.62. The molecule has 4 rings (SSSR count). The topological polar surface area (TPSA) is 150 Å². The monoisotopic (exact) mass is 554 g/mol. The molecule has 0 fully saturated rings. The van der Waals surface area contributed by atoms with Crippen molar-refractivity contribution in [3.8, 4) is 6.07 Å². The number of aromatic nitrogens is 3. The number of halogens is 1. The molecule has 0 radical (unpaired) electrons. The smallest absolute Gasteiger partial charge is 0.281 e. The maximum absolute atomic E-state index is 13.5. The van der Waals surface area contributed by atoms with Gasteiger partial charge in [-0.1, -0.05) is 0 Å². The Balaban J connectivity index is 0.00000400. The van der Waals surface area contributed by atoms with E-state index >= 15 is 0 Å². The van der Waals surface area contributed by atoms with E-state index in [9.17, 15) is 18.5 Å². The number of rotatable bonds is 9. The molecule has 14 heteroatoms. The highest BCUT2D eigenvalue weighted by Crippen LogP contribution is 2.31. The maximum Gasteiger partial charge on any atom is 0.281 e. The Kier molecular flexibility index (Phi) is 8.61. The molecule has 0 spiro atoms. The minimum absolute atomic E-state index is 0. The molecule has 12 nitrogen and oxygen atoms in total. The summed E-state index contributed by atoms with van der Waals surface area (Å²) in [6.45, 7) is 0.459. The molecule has 0 amide bonds. The summed E-state index contributed by atoms with van der Waals surface area (Å²) < 4.78 is 29.3. The number of likely N-dealkylation sites (N-methyl/N-ethyl adjacent to an activating group) is 1. The van der Waals surface area contributed by atoms with Crippen LogP contribution in [0, 0.1) is 21.4 Å². The number of hydrogen-bond donors (Lipinski definition) is 0. The fraction of sp³-hybridized carbons (Fsp3) is 0.167. The summed E-state index contributed by atoms with van der Waals surface area (Å²) >= 11 is 0. The van der Waals surface area contributed by atoms with Crippen LogP contribution < -0.4 is 4.90 Å². The van der Waals surface area contributed by atoms with Gasteiger partial charge in [-0.15, -0.1) is 12.4 Å². The average molecular weight is 555 g/mol. The Bertz CT molecular complexity index is 1630. The van der Waals surface area contributed by atoms with Gasteiger partial charge >= 0.3 is 0 Å². The lowest BCUT2D eigenvalue weighted by Gasteiger charge is -2.24. The first-order valence-electron chi connectivity index (χ1n) is 11.0. The predicted octanol–water partition coefficient (Wildman–Crippen LogP) is 3.26. The van der Waals surface area contributed by atoms with Crippen molar-refractivity contribution < 1.29 is 13.3 Å². The lowest BCUT2D eigenvalue weighted by molar-refractivity contribution is -0.385. The number of fused-ring (bicyclic) bond motifs is 1. The van der Waals surface area contributed by atoms with Gasteiger partial charge in [0.15, 0.2) is 0 Å². The van der Waals surface area contributed by atoms with E-state index in [-0.39, 0.29) is 23.0 Å². The van der Waals surface area contributed by atoms with Gasteiger partial charge in [0.2, 0.25) is 0 Å². The molecule has 0 aliphatic rings. The lowest BCUT2D eigenvalue weighted by Crippen LogP contribution is -2.27. The summed E-state index contributed by atoms with van der Waals surface area (Å²) in [4.78, 5) is 16.2. The van der Waals surface area contributed by atoms with Gasteiger partial charge in [-0.3, -0.25) is 15.1 Å². The van der Waals surface area contributed by atoms with Crippen molar-refractivity contribution in [1.82, 2.24) is 19.0 Å². The molecule has 38 heavy (non-hydrogen) atoms. The van der Waals surface area contributed by atoms with Crippen LogP contribution in [0.3, 0.4) is 0 Å². The van der Waals surface area contributed by atoms with Crippen LogP contribution in [-0.4, -0.2) is 59.2 Å². The second kappa shape index (κ2) is 11.7. The van der Waals surface area contributed by atoms with E-state index in [4.69, 9.17) is 5.26 Å². The van der Waals surface area contributed by atoms with Gasteiger partial charge in [-0.05, 0) is 42.3 Å². The van der Waals surface area contributed by atoms with Crippen molar-refractivity contribution in [3.63, 3.8) is 0 Å². The minimum atomic E-state index is -4.27. The van der Waals surface area contributed by atoms with Gasteiger partial charge in [0.1, 0.15) is 4.90 Å². The molecule has 0 saturated heterocycles. The van der Waals surface area contributed by atoms with E-state index in [1.54, 1.807) is 42.7 Å². The summed E-state index contributed by atoms with van der Waals surface area (Å²) in [5, 5.41) is 28.8. The number of benzene rings is 1. The Morgan fingerprint density at radius 3 is 2.61 bits per heavy atom. The van der Waals surface area contributed by atoms with E-state index < -0.39 is 14.9 Å². The third-order valence-corrected chi connectivity index (χ3v) is 7.39. The quantitative estimate of drug-likeness (QED) is 0.174. The third-order valence-electron chi connectivity index (χ3n) is 5.72. The number of non-ortho nitro benzene ring substituents is 1. The zero-order valence-corrected chi connectivity index (χ0v) is 22.0. The Hall–Kier alpha value is -4.54. The van der Waals surface area contributed by atoms with Crippen LogP contribution in [0.25, 0.3) is 5.52 Å². The highest BCUT2D eigenvalue weighted by Gasteiger charge is 2.27. The maximum atomic E-state index is 13.5. The first-order valence-corrected chi connectivity index (χ1v) is 12.4. The first kappa shape index (κ1) is 28.0. The molecule has 196 valence electrons. The molecular weight excluding hydrogens is 532 g/mol. The van der Waals surface area contributed by atoms with Crippen molar-refractivity contribution in [2.45, 2.75) is 11.3 Å². The van der Waals surface area contributed by atoms with Crippen molar-refractivity contribution in [1.29, 1.82) is 5.26 Å². The molecule has 0 atom stereocenters. The molecule has 0 saturated carbocycles. The zero-order chi connectivity index (χ0) is 26.6. The Morgan fingerprint density at radius 2 is 1.92 bits per heavy atom. The minimum Gasteiger partial charge on any atom is -0.373 e. The number of nitriles is 1. The number of pyridine rings is 2. The van der Waals surface area contributed by atoms with Gasteiger partial charge in [-0.25, -0.2) is 4.52 Å². The first-order chi connectivity index (χ1) is 17.7. The second-order valence-corrected chi connectivity index (χ2v) is 10.00. The van der Waals surface area contributed by atoms with Gasteiger partial charge in [0.25, 0.3) is 15.7 Å². The van der Waals surface area contributed by atoms with Crippen LogP contribution in [0.4, 0.5) is 11.4 Å². The lowest BCUT2D eigenvalue weighted by atomic mass is 10.2. The highest BCUT2D eigenvalue weighted by molar-refractivity contribution is 7.89. The molecule has 0 bridgehead atoms. The zero-order valence-electron chi connectivity index (χ0n) is 20.4. The van der Waals surface area contributed by atoms with Gasteiger partial charge in [-0.2, -0.15) is 28.3 Å². The standard InChI is InChI=1S/C24H22N8O4S.ClH/c1-29(11-7-18-5-9-26-10-6-18)22-4-3-21(32(33)34)14-24(22)37(35,36)30(2)27-16-20-17-28-31-12-8-19(15-25)13-23(20)31;/h3-6,8-10,12-14,16-17H,7,11H2,1-2H3;1H/b27-16+;. The molecule has 0 N–H and O–H groups in total. The molecule has 3 heterocycles. The van der Waals surface area contributed by atoms with Crippen LogP contribution in [0.15, 0.2) is 77.2 Å². The number of nitrogens with zero attached hydrogens (tertiary/aromatic N) is 8. The number of nitro benzene ring substituents is 1. The number of anilines is 1. The van der Waals surface area contributed by atoms with Gasteiger partial charge in [0, 0.05) is 56.9 Å². The van der Waals surface area contributed by atoms with Gasteiger partial charge in [0.05, 0.1) is 40.2 Å². The molecule has 1 aromatic carbocycles. The summed E-state index contributed by atoms with van der Waals surface area (Å²) in [5.41, 5.74) is 2.45. The SMILES string of the molecule is CN(CCc1ccncc1)c1ccc([N+](=O)[O-])cc1S(=O)(=O)N(C)/N=C/c1cnn2ccc(C#N)cc12.Cl. The summed E-state index contributed by atoms with van der Waals surface area (Å²) in [7, 11) is -1.31. The summed E-state index contributed by atoms with van der Waals surface area (Å²) in [6, 6.07) is 12.7. The van der Waals surface area contributed by atoms with Crippen molar-refractivity contribution in [2.24, 2.45) is 5.10 Å². The fourth-order valence-corrected chi connectivity index (χ4v) is 4.84. The van der Waals surface area contributed by atoms with Gasteiger partial charge < -0.3 is 4.90 Å². The van der Waals surface area contributed by atoms with Crippen molar-refractivity contribution in [3.05, 3.63) is 94.1 Å². The van der Waals surface area contributed by atoms with E-state index in [0.717, 1.165) is 16.0 Å². The molecular formula is C24H23ClN8O4S. The van der Waals surface area contributed by atoms with Crippen molar-refractivity contribution >= 4 is 45.5 Å². The van der Waals surface area contributed by atoms with E-state index in [0.29, 0.717) is 35.3 Å². The number of sulfonamides is 1. The van der Waals surface area contributed by atoms with E-state index in [2.05, 4.69) is 15.2 Å². The van der Waals surface area contributed by atoms with Crippen LogP contribution in [0.1, 0.15) is 16.7 Å². The molecule has 0 unspecified atom stereocenters. The average Bonchev–Trinajstić information content (AvgIpc) is 3.32. The third kappa shape index (κ3) is 5.88. The molecule has 3 aromatic heterocycles. The predicted molar refractivity (Wildman–Crippen MR) is 144 cm³/mol. The van der Waals surface area contributed by atoms with E-state index in [1.807, 2.05) is 18.2 Å². The molecule has 0 aliphatic carbocycles. The number of nitro groups is 1. The van der Waals surface area contributed by atoms with Crippen LogP contribution in [-0.2, 0) is 16.4 Å². The number of hydrogen-bond acceptors (Lipinski definition) is 9.